The summed E-state index contributed by atoms with van der Waals surface area (Å²) in [5.74, 6) is 4.32. The van der Waals surface area contributed by atoms with Crippen molar-refractivity contribution in [1.29, 1.82) is 5.26 Å². The molecule has 5 rings (SSSR count). The number of hydrogen-bond acceptors (Lipinski definition) is 6. The number of aromatic nitrogens is 1. The highest BCUT2D eigenvalue weighted by Gasteiger charge is 2.23. The first-order valence-corrected chi connectivity index (χ1v) is 13.0. The zero-order valence-corrected chi connectivity index (χ0v) is 21.5. The van der Waals surface area contributed by atoms with Gasteiger partial charge in [-0.3, -0.25) is 4.98 Å². The molecule has 3 aromatic rings. The van der Waals surface area contributed by atoms with E-state index in [1.165, 1.54) is 12.8 Å². The van der Waals surface area contributed by atoms with Gasteiger partial charge in [-0.05, 0) is 69.5 Å². The molecule has 2 heterocycles. The minimum atomic E-state index is -0.221. The molecule has 0 bridgehead atoms. The Bertz CT molecular complexity index is 1410. The molecule has 2 aromatic carbocycles. The number of likely N-dealkylation sites (tertiary alicyclic amines) is 1. The van der Waals surface area contributed by atoms with Crippen LogP contribution in [0, 0.1) is 36.5 Å². The van der Waals surface area contributed by atoms with Crippen LogP contribution in [0.1, 0.15) is 36.8 Å². The van der Waals surface area contributed by atoms with E-state index in [-0.39, 0.29) is 18.0 Å². The number of amides is 2. The van der Waals surface area contributed by atoms with Crippen LogP contribution in [0.5, 0.6) is 17.2 Å². The van der Waals surface area contributed by atoms with Crippen LogP contribution in [0.15, 0.2) is 42.6 Å². The number of carbonyl (C=O) groups is 1. The number of hydrogen-bond donors (Lipinski definition) is 2. The number of urea groups is 1. The fraction of sp³-hybridized carbons (Fsp3) is 0.367. The smallest absolute Gasteiger partial charge is 0.319 e. The maximum atomic E-state index is 12.2. The molecule has 1 saturated heterocycles. The minimum absolute atomic E-state index is 0.0614. The van der Waals surface area contributed by atoms with Crippen molar-refractivity contribution in [2.75, 3.05) is 31.6 Å². The van der Waals surface area contributed by atoms with Gasteiger partial charge in [-0.25, -0.2) is 4.79 Å². The molecule has 38 heavy (non-hydrogen) atoms. The molecular formula is C30H31N5O3. The van der Waals surface area contributed by atoms with E-state index in [4.69, 9.17) is 15.9 Å². The van der Waals surface area contributed by atoms with Crippen LogP contribution in [0.4, 0.5) is 10.5 Å². The third-order valence-electron chi connectivity index (χ3n) is 6.87. The largest absolute Gasteiger partial charge is 0.491 e. The average Bonchev–Trinajstić information content (AvgIpc) is 3.58. The van der Waals surface area contributed by atoms with E-state index in [9.17, 15) is 10.1 Å². The summed E-state index contributed by atoms with van der Waals surface area (Å²) in [4.78, 5) is 19.1. The lowest BCUT2D eigenvalue weighted by atomic mass is 10.1. The first-order valence-electron chi connectivity index (χ1n) is 13.0. The van der Waals surface area contributed by atoms with Crippen LogP contribution >= 0.6 is 0 Å². The number of benzene rings is 2. The molecule has 1 atom stereocenters. The second kappa shape index (κ2) is 11.4. The van der Waals surface area contributed by atoms with Gasteiger partial charge in [-0.1, -0.05) is 12.0 Å². The van der Waals surface area contributed by atoms with Crippen LogP contribution < -0.4 is 20.1 Å². The predicted octanol–water partition coefficient (Wildman–Crippen LogP) is 5.22. The van der Waals surface area contributed by atoms with Crippen LogP contribution in [-0.2, 0) is 0 Å². The van der Waals surface area contributed by atoms with E-state index in [2.05, 4.69) is 32.5 Å². The number of rotatable bonds is 9. The summed E-state index contributed by atoms with van der Waals surface area (Å²) in [7, 11) is 0. The lowest BCUT2D eigenvalue weighted by molar-refractivity contribution is 0.227. The van der Waals surface area contributed by atoms with Gasteiger partial charge in [0.2, 0.25) is 0 Å². The molecule has 2 fully saturated rings. The van der Waals surface area contributed by atoms with Crippen LogP contribution in [-0.4, -0.2) is 48.2 Å². The SMILES string of the molecule is C#C[C@@H](COc1cc2nccc(Oc3ccc(C)c(NC(=O)NC4CC4)c3)c2cc1C#N)CN1CCCC1. The zero-order chi connectivity index (χ0) is 26.5. The molecule has 1 saturated carbocycles. The molecule has 0 unspecified atom stereocenters. The molecular weight excluding hydrogens is 478 g/mol. The number of ether oxygens (including phenoxy) is 2. The third-order valence-corrected chi connectivity index (χ3v) is 6.87. The number of fused-ring (bicyclic) bond motifs is 1. The third kappa shape index (κ3) is 6.16. The number of anilines is 1. The maximum absolute atomic E-state index is 12.2. The van der Waals surface area contributed by atoms with E-state index in [0.717, 1.165) is 38.0 Å². The van der Waals surface area contributed by atoms with Gasteiger partial charge in [0.05, 0.1) is 17.0 Å². The summed E-state index contributed by atoms with van der Waals surface area (Å²) in [6, 6.07) is 13.0. The normalized spacial score (nSPS) is 15.9. The molecule has 1 aromatic heterocycles. The van der Waals surface area contributed by atoms with Gasteiger partial charge in [0.25, 0.3) is 0 Å². The number of nitriles is 1. The molecule has 2 aliphatic rings. The van der Waals surface area contributed by atoms with Crippen molar-refractivity contribution >= 4 is 22.6 Å². The minimum Gasteiger partial charge on any atom is -0.491 e. The Labute approximate surface area is 222 Å². The van der Waals surface area contributed by atoms with Crippen molar-refractivity contribution in [2.45, 2.75) is 38.6 Å². The summed E-state index contributed by atoms with van der Waals surface area (Å²) in [6.07, 6.45) is 11.9. The quantitative estimate of drug-likeness (QED) is 0.384. The zero-order valence-electron chi connectivity index (χ0n) is 21.5. The van der Waals surface area contributed by atoms with Gasteiger partial charge >= 0.3 is 6.03 Å². The van der Waals surface area contributed by atoms with Crippen molar-refractivity contribution < 1.29 is 14.3 Å². The lowest BCUT2D eigenvalue weighted by Gasteiger charge is -2.20. The van der Waals surface area contributed by atoms with E-state index in [1.54, 1.807) is 30.5 Å². The summed E-state index contributed by atoms with van der Waals surface area (Å²) in [5.41, 5.74) is 2.62. The molecule has 0 spiro atoms. The van der Waals surface area contributed by atoms with E-state index < -0.39 is 0 Å². The Morgan fingerprint density at radius 1 is 1.21 bits per heavy atom. The van der Waals surface area contributed by atoms with Crippen molar-refractivity contribution in [1.82, 2.24) is 15.2 Å². The summed E-state index contributed by atoms with van der Waals surface area (Å²) in [6.45, 7) is 5.18. The number of aryl methyl sites for hydroxylation is 1. The number of pyridine rings is 1. The lowest BCUT2D eigenvalue weighted by Crippen LogP contribution is -2.30. The second-order valence-corrected chi connectivity index (χ2v) is 9.92. The Kier molecular flexibility index (Phi) is 7.62. The Morgan fingerprint density at radius 2 is 2.03 bits per heavy atom. The van der Waals surface area contributed by atoms with Crippen molar-refractivity contribution in [3.05, 3.63) is 53.7 Å². The van der Waals surface area contributed by atoms with Crippen molar-refractivity contribution in [2.24, 2.45) is 5.92 Å². The Balaban J connectivity index is 1.33. The first kappa shape index (κ1) is 25.4. The fourth-order valence-electron chi connectivity index (χ4n) is 4.56. The number of terminal acetylenes is 1. The molecule has 1 aliphatic carbocycles. The molecule has 1 aliphatic heterocycles. The molecule has 8 nitrogen and oxygen atoms in total. The monoisotopic (exact) mass is 509 g/mol. The van der Waals surface area contributed by atoms with E-state index in [0.29, 0.717) is 46.0 Å². The fourth-order valence-corrected chi connectivity index (χ4v) is 4.56. The standard InChI is InChI=1S/C30H31N5O3/c1-3-21(18-35-12-4-5-13-35)19-37-29-16-27-25(14-22(29)17-31)28(10-11-32-27)38-24-9-6-20(2)26(15-24)34-30(36)33-23-7-8-23/h1,6,9-11,14-16,21,23H,4-5,7-8,12-13,18-19H2,2H3,(H2,33,34,36)/t21-/m1/s1. The number of nitrogens with zero attached hydrogens (tertiary/aromatic N) is 3. The van der Waals surface area contributed by atoms with E-state index in [1.807, 2.05) is 19.1 Å². The molecule has 194 valence electrons. The van der Waals surface area contributed by atoms with Crippen molar-refractivity contribution in [3.8, 4) is 35.7 Å². The summed E-state index contributed by atoms with van der Waals surface area (Å²) >= 11 is 0. The van der Waals surface area contributed by atoms with Crippen LogP contribution in [0.25, 0.3) is 10.9 Å². The number of nitrogens with one attached hydrogen (secondary N) is 2. The summed E-state index contributed by atoms with van der Waals surface area (Å²) < 4.78 is 12.2. The number of carbonyl (C=O) groups excluding carboxylic acids is 1. The topological polar surface area (TPSA) is 99.5 Å². The van der Waals surface area contributed by atoms with Gasteiger partial charge < -0.3 is 25.0 Å². The molecule has 8 heteroatoms. The van der Waals surface area contributed by atoms with E-state index >= 15 is 0 Å². The second-order valence-electron chi connectivity index (χ2n) is 9.92. The van der Waals surface area contributed by atoms with Gasteiger partial charge in [0, 0.05) is 42.0 Å². The molecule has 0 radical (unpaired) electrons. The van der Waals surface area contributed by atoms with Gasteiger partial charge in [-0.2, -0.15) is 5.26 Å². The first-order chi connectivity index (χ1) is 18.5. The van der Waals surface area contributed by atoms with Gasteiger partial charge in [0.15, 0.2) is 0 Å². The van der Waals surface area contributed by atoms with Crippen LogP contribution in [0.3, 0.4) is 0 Å². The highest BCUT2D eigenvalue weighted by molar-refractivity contribution is 5.91. The molecule has 2 amide bonds. The Hall–Kier alpha value is -4.27. The van der Waals surface area contributed by atoms with Crippen molar-refractivity contribution in [3.63, 3.8) is 0 Å². The molecule has 2 N–H and O–H groups in total. The highest BCUT2D eigenvalue weighted by atomic mass is 16.5. The summed E-state index contributed by atoms with van der Waals surface area (Å²) in [5, 5.41) is 16.4. The Morgan fingerprint density at radius 3 is 2.76 bits per heavy atom. The van der Waals surface area contributed by atoms with Gasteiger partial charge in [0.1, 0.15) is 29.9 Å². The highest BCUT2D eigenvalue weighted by Crippen LogP contribution is 2.34. The maximum Gasteiger partial charge on any atom is 0.319 e. The predicted molar refractivity (Wildman–Crippen MR) is 146 cm³/mol. The van der Waals surface area contributed by atoms with Crippen LogP contribution in [0.2, 0.25) is 0 Å². The van der Waals surface area contributed by atoms with Gasteiger partial charge in [-0.15, -0.1) is 6.42 Å². The average molecular weight is 510 g/mol.